The molecule has 0 heterocycles. The van der Waals surface area contributed by atoms with Gasteiger partial charge < -0.3 is 10.4 Å². The molecule has 0 atom stereocenters. The number of carboxylic acid groups (broad SMARTS) is 1. The topological polar surface area (TPSA) is 66.4 Å². The van der Waals surface area contributed by atoms with Crippen molar-refractivity contribution >= 4 is 23.6 Å². The van der Waals surface area contributed by atoms with Gasteiger partial charge in [0.05, 0.1) is 6.42 Å². The zero-order valence-electron chi connectivity index (χ0n) is 11.7. The van der Waals surface area contributed by atoms with Crippen LogP contribution in [0.25, 0.3) is 0 Å². The summed E-state index contributed by atoms with van der Waals surface area (Å²) >= 11 is 1.77. The third kappa shape index (κ3) is 6.32. The second kappa shape index (κ2) is 8.46. The Hall–Kier alpha value is -0.710. The molecular formula is C14H25NO3S. The van der Waals surface area contributed by atoms with Crippen LogP contribution in [-0.4, -0.2) is 35.5 Å². The van der Waals surface area contributed by atoms with Crippen LogP contribution in [0.4, 0.5) is 0 Å². The first-order valence-electron chi connectivity index (χ1n) is 7.05. The first-order valence-corrected chi connectivity index (χ1v) is 8.45. The van der Waals surface area contributed by atoms with Crippen molar-refractivity contribution in [2.24, 2.45) is 5.41 Å². The molecule has 0 unspecified atom stereocenters. The van der Waals surface area contributed by atoms with E-state index in [1.165, 1.54) is 0 Å². The quantitative estimate of drug-likeness (QED) is 0.674. The van der Waals surface area contributed by atoms with Gasteiger partial charge in [-0.1, -0.05) is 19.3 Å². The number of hydrogen-bond acceptors (Lipinski definition) is 3. The van der Waals surface area contributed by atoms with Crippen molar-refractivity contribution in [2.45, 2.75) is 51.4 Å². The van der Waals surface area contributed by atoms with Crippen molar-refractivity contribution in [3.05, 3.63) is 0 Å². The third-order valence-corrected chi connectivity index (χ3v) is 4.52. The van der Waals surface area contributed by atoms with E-state index in [2.05, 4.69) is 5.32 Å². The number of rotatable bonds is 8. The largest absolute Gasteiger partial charge is 0.481 e. The fourth-order valence-corrected chi connectivity index (χ4v) is 3.32. The summed E-state index contributed by atoms with van der Waals surface area (Å²) in [5, 5.41) is 12.0. The minimum absolute atomic E-state index is 0.0178. The number of carbonyl (C=O) groups excluding carboxylic acids is 1. The van der Waals surface area contributed by atoms with Crippen molar-refractivity contribution in [1.82, 2.24) is 5.32 Å². The second-order valence-corrected chi connectivity index (χ2v) is 6.49. The number of amides is 1. The number of carbonyl (C=O) groups is 2. The van der Waals surface area contributed by atoms with Gasteiger partial charge in [0.1, 0.15) is 0 Å². The van der Waals surface area contributed by atoms with Crippen molar-refractivity contribution in [3.63, 3.8) is 0 Å². The highest BCUT2D eigenvalue weighted by molar-refractivity contribution is 7.98. The average Bonchev–Trinajstić information content (AvgIpc) is 2.34. The smallest absolute Gasteiger partial charge is 0.303 e. The van der Waals surface area contributed by atoms with Crippen LogP contribution in [0, 0.1) is 5.41 Å². The first-order chi connectivity index (χ1) is 9.08. The molecule has 110 valence electrons. The zero-order valence-corrected chi connectivity index (χ0v) is 12.6. The molecule has 0 aromatic rings. The van der Waals surface area contributed by atoms with Gasteiger partial charge in [-0.2, -0.15) is 11.8 Å². The fourth-order valence-electron chi connectivity index (χ4n) is 2.89. The summed E-state index contributed by atoms with van der Waals surface area (Å²) in [4.78, 5) is 23.0. The summed E-state index contributed by atoms with van der Waals surface area (Å²) in [5.41, 5.74) is -0.298. The van der Waals surface area contributed by atoms with Gasteiger partial charge in [-0.25, -0.2) is 0 Å². The standard InChI is InChI=1S/C14H25NO3S/c1-19-9-5-8-15-12(16)10-14(11-13(17)18)6-3-2-4-7-14/h2-11H2,1H3,(H,15,16)(H,17,18). The van der Waals surface area contributed by atoms with Crippen LogP contribution in [0.3, 0.4) is 0 Å². The summed E-state index contributed by atoms with van der Waals surface area (Å²) in [7, 11) is 0. The molecule has 1 aliphatic rings. The highest BCUT2D eigenvalue weighted by Gasteiger charge is 2.36. The van der Waals surface area contributed by atoms with Crippen LogP contribution in [0.5, 0.6) is 0 Å². The lowest BCUT2D eigenvalue weighted by Crippen LogP contribution is -2.35. The van der Waals surface area contributed by atoms with Crippen molar-refractivity contribution < 1.29 is 14.7 Å². The molecule has 0 radical (unpaired) electrons. The maximum Gasteiger partial charge on any atom is 0.303 e. The lowest BCUT2D eigenvalue weighted by atomic mass is 9.69. The number of hydrogen-bond donors (Lipinski definition) is 2. The van der Waals surface area contributed by atoms with E-state index in [0.717, 1.165) is 44.3 Å². The molecular weight excluding hydrogens is 262 g/mol. The van der Waals surface area contributed by atoms with E-state index in [-0.39, 0.29) is 17.7 Å². The van der Waals surface area contributed by atoms with E-state index in [9.17, 15) is 9.59 Å². The van der Waals surface area contributed by atoms with Gasteiger partial charge in [0.2, 0.25) is 5.91 Å². The summed E-state index contributed by atoms with van der Waals surface area (Å²) in [6.07, 6.45) is 8.53. The molecule has 5 heteroatoms. The van der Waals surface area contributed by atoms with E-state index >= 15 is 0 Å². The Bertz CT molecular complexity index is 301. The van der Waals surface area contributed by atoms with Crippen molar-refractivity contribution in [2.75, 3.05) is 18.6 Å². The minimum atomic E-state index is -0.780. The lowest BCUT2D eigenvalue weighted by molar-refractivity contribution is -0.141. The summed E-state index contributed by atoms with van der Waals surface area (Å²) < 4.78 is 0. The Kier molecular flexibility index (Phi) is 7.28. The van der Waals surface area contributed by atoms with Crippen LogP contribution in [0.2, 0.25) is 0 Å². The lowest BCUT2D eigenvalue weighted by Gasteiger charge is -2.35. The van der Waals surface area contributed by atoms with Crippen LogP contribution >= 0.6 is 11.8 Å². The van der Waals surface area contributed by atoms with Crippen LogP contribution in [0.1, 0.15) is 51.4 Å². The summed E-state index contributed by atoms with van der Waals surface area (Å²) in [5.74, 6) is 0.280. The van der Waals surface area contributed by atoms with Gasteiger partial charge in [-0.05, 0) is 36.7 Å². The Balaban J connectivity index is 2.43. The van der Waals surface area contributed by atoms with Crippen molar-refractivity contribution in [1.29, 1.82) is 0 Å². The van der Waals surface area contributed by atoms with Crippen LogP contribution in [0.15, 0.2) is 0 Å². The van der Waals surface area contributed by atoms with Crippen LogP contribution in [-0.2, 0) is 9.59 Å². The molecule has 1 saturated carbocycles. The van der Waals surface area contributed by atoms with Crippen molar-refractivity contribution in [3.8, 4) is 0 Å². The highest BCUT2D eigenvalue weighted by Crippen LogP contribution is 2.42. The maximum absolute atomic E-state index is 12.0. The normalized spacial score (nSPS) is 17.9. The predicted octanol–water partition coefficient (Wildman–Crippen LogP) is 2.67. The summed E-state index contributed by atoms with van der Waals surface area (Å²) in [6.45, 7) is 0.697. The SMILES string of the molecule is CSCCCNC(=O)CC1(CC(=O)O)CCCCC1. The van der Waals surface area contributed by atoms with E-state index in [1.54, 1.807) is 11.8 Å². The van der Waals surface area contributed by atoms with Gasteiger partial charge in [0.15, 0.2) is 0 Å². The molecule has 1 rings (SSSR count). The van der Waals surface area contributed by atoms with Gasteiger partial charge in [-0.15, -0.1) is 0 Å². The molecule has 19 heavy (non-hydrogen) atoms. The molecule has 0 bridgehead atoms. The van der Waals surface area contributed by atoms with E-state index in [1.807, 2.05) is 6.26 Å². The predicted molar refractivity (Wildman–Crippen MR) is 78.4 cm³/mol. The number of nitrogens with one attached hydrogen (secondary N) is 1. The molecule has 1 fully saturated rings. The van der Waals surface area contributed by atoms with E-state index < -0.39 is 5.97 Å². The Morgan fingerprint density at radius 1 is 1.21 bits per heavy atom. The average molecular weight is 287 g/mol. The monoisotopic (exact) mass is 287 g/mol. The number of carboxylic acids is 1. The molecule has 1 aliphatic carbocycles. The third-order valence-electron chi connectivity index (χ3n) is 3.82. The molecule has 2 N–H and O–H groups in total. The van der Waals surface area contributed by atoms with Gasteiger partial charge in [0.25, 0.3) is 0 Å². The van der Waals surface area contributed by atoms with E-state index in [4.69, 9.17) is 5.11 Å². The maximum atomic E-state index is 12.0. The molecule has 0 saturated heterocycles. The molecule has 0 aliphatic heterocycles. The molecule has 1 amide bonds. The van der Waals surface area contributed by atoms with E-state index in [0.29, 0.717) is 13.0 Å². The second-order valence-electron chi connectivity index (χ2n) is 5.50. The van der Waals surface area contributed by atoms with Gasteiger partial charge in [0, 0.05) is 13.0 Å². The van der Waals surface area contributed by atoms with Crippen LogP contribution < -0.4 is 5.32 Å². The van der Waals surface area contributed by atoms with Gasteiger partial charge in [-0.3, -0.25) is 9.59 Å². The fraction of sp³-hybridized carbons (Fsp3) is 0.857. The Labute approximate surface area is 119 Å². The molecule has 0 aromatic heterocycles. The Morgan fingerprint density at radius 2 is 1.89 bits per heavy atom. The summed E-state index contributed by atoms with van der Waals surface area (Å²) in [6, 6.07) is 0. The van der Waals surface area contributed by atoms with Gasteiger partial charge >= 0.3 is 5.97 Å². The first kappa shape index (κ1) is 16.3. The minimum Gasteiger partial charge on any atom is -0.481 e. The highest BCUT2D eigenvalue weighted by atomic mass is 32.2. The molecule has 0 aromatic carbocycles. The Morgan fingerprint density at radius 3 is 2.47 bits per heavy atom. The molecule has 4 nitrogen and oxygen atoms in total. The zero-order chi connectivity index (χ0) is 14.1. The molecule has 0 spiro atoms. The number of thioether (sulfide) groups is 1. The number of aliphatic carboxylic acids is 1.